The number of carbonyl (C=O) groups excluding carboxylic acids is 3. The van der Waals surface area contributed by atoms with Crippen LogP contribution in [0.3, 0.4) is 0 Å². The van der Waals surface area contributed by atoms with Crippen molar-refractivity contribution in [2.45, 2.75) is 68.1 Å². The van der Waals surface area contributed by atoms with E-state index < -0.39 is 39.9 Å². The second-order valence-corrected chi connectivity index (χ2v) is 15.1. The number of esters is 1. The van der Waals surface area contributed by atoms with E-state index in [1.165, 1.54) is 30.6 Å². The number of halogens is 4. The smallest absolute Gasteiger partial charge is 0.328 e. The lowest BCUT2D eigenvalue weighted by Gasteiger charge is -2.29. The van der Waals surface area contributed by atoms with Crippen molar-refractivity contribution in [3.05, 3.63) is 86.1 Å². The number of nitrogens with zero attached hydrogens (tertiary/aromatic N) is 2. The molecule has 0 radical (unpaired) electrons. The van der Waals surface area contributed by atoms with Gasteiger partial charge in [-0.05, 0) is 62.1 Å². The molecule has 256 valence electrons. The van der Waals surface area contributed by atoms with Crippen LogP contribution in [-0.2, 0) is 30.8 Å². The molecule has 2 fully saturated rings. The minimum absolute atomic E-state index is 0.0356. The zero-order chi connectivity index (χ0) is 34.6. The lowest BCUT2D eigenvalue weighted by atomic mass is 9.92. The molecule has 2 amide bonds. The van der Waals surface area contributed by atoms with E-state index in [0.29, 0.717) is 11.3 Å². The Morgan fingerprint density at radius 1 is 0.979 bits per heavy atom. The van der Waals surface area contributed by atoms with Crippen molar-refractivity contribution in [3.63, 3.8) is 0 Å². The third-order valence-corrected chi connectivity index (χ3v) is 11.1. The third-order valence-electron chi connectivity index (χ3n) is 8.20. The molecule has 3 atom stereocenters. The summed E-state index contributed by atoms with van der Waals surface area (Å²) in [5.41, 5.74) is 1.15. The number of carbonyl (C=O) groups is 3. The molecule has 0 unspecified atom stereocenters. The van der Waals surface area contributed by atoms with Gasteiger partial charge >= 0.3 is 5.97 Å². The van der Waals surface area contributed by atoms with Crippen LogP contribution in [0.5, 0.6) is 0 Å². The van der Waals surface area contributed by atoms with Crippen molar-refractivity contribution in [2.75, 3.05) is 18.5 Å². The summed E-state index contributed by atoms with van der Waals surface area (Å²) < 4.78 is 34.2. The Hall–Kier alpha value is -2.97. The number of benzene rings is 2. The Labute approximate surface area is 298 Å². The van der Waals surface area contributed by atoms with E-state index in [1.807, 2.05) is 0 Å². The predicted molar refractivity (Wildman–Crippen MR) is 184 cm³/mol. The van der Waals surface area contributed by atoms with Crippen molar-refractivity contribution in [1.29, 1.82) is 0 Å². The molecule has 16 heteroatoms. The number of hydrogen-bond acceptors (Lipinski definition) is 8. The van der Waals surface area contributed by atoms with E-state index in [9.17, 15) is 22.8 Å². The Balaban J connectivity index is 1.33. The van der Waals surface area contributed by atoms with Gasteiger partial charge in [-0.3, -0.25) is 14.6 Å². The average molecular weight is 758 g/mol. The molecule has 2 aliphatic rings. The Kier molecular flexibility index (Phi) is 11.9. The summed E-state index contributed by atoms with van der Waals surface area (Å²) in [5, 5.41) is 9.41. The fraction of sp³-hybridized carbons (Fsp3) is 0.375. The largest absolute Gasteiger partial charge is 0.464 e. The highest BCUT2D eigenvalue weighted by atomic mass is 35.5. The van der Waals surface area contributed by atoms with Gasteiger partial charge in [0.2, 0.25) is 15.9 Å². The first-order valence-corrected chi connectivity index (χ1v) is 18.2. The number of nitrogens with one attached hydrogen (secondary N) is 3. The zero-order valence-electron chi connectivity index (χ0n) is 25.7. The fourth-order valence-electron chi connectivity index (χ4n) is 5.64. The van der Waals surface area contributed by atoms with Gasteiger partial charge in [0.05, 0.1) is 27.1 Å². The summed E-state index contributed by atoms with van der Waals surface area (Å²) in [5.74, 6) is -1.85. The topological polar surface area (TPSA) is 147 Å². The number of ether oxygens (including phenoxy) is 1. The molecule has 0 bridgehead atoms. The predicted octanol–water partition coefficient (Wildman–Crippen LogP) is 5.51. The molecular formula is C32H33Cl4N5O6S. The van der Waals surface area contributed by atoms with Gasteiger partial charge in [-0.15, -0.1) is 0 Å². The lowest BCUT2D eigenvalue weighted by molar-refractivity contribution is -0.147. The second kappa shape index (κ2) is 15.7. The number of amides is 2. The third kappa shape index (κ3) is 8.60. The maximum Gasteiger partial charge on any atom is 0.328 e. The highest BCUT2D eigenvalue weighted by molar-refractivity contribution is 7.89. The lowest BCUT2D eigenvalue weighted by Crippen LogP contribution is -2.51. The molecule has 1 saturated carbocycles. The van der Waals surface area contributed by atoms with Crippen LogP contribution in [0, 0.1) is 0 Å². The molecule has 3 N–H and O–H groups in total. The SMILES string of the molecule is CCOC(=O)[C@H](Cc1ccc(NC(=O)c2c(Cl)cncc2Cl)cc1)NC(=O)[C@@H]1C[C@@H](NC2CCC2)CN1S(=O)(=O)c1cc(Cl)cc(Cl)c1. The highest BCUT2D eigenvalue weighted by Crippen LogP contribution is 2.32. The van der Waals surface area contributed by atoms with E-state index in [1.54, 1.807) is 31.2 Å². The van der Waals surface area contributed by atoms with Crippen LogP contribution in [0.1, 0.15) is 48.5 Å². The molecule has 2 heterocycles. The van der Waals surface area contributed by atoms with Crippen LogP contribution >= 0.6 is 46.4 Å². The van der Waals surface area contributed by atoms with Gasteiger partial charge in [0.15, 0.2) is 0 Å². The average Bonchev–Trinajstić information content (AvgIpc) is 3.44. The van der Waals surface area contributed by atoms with Crippen LogP contribution in [0.15, 0.2) is 59.8 Å². The molecule has 11 nitrogen and oxygen atoms in total. The van der Waals surface area contributed by atoms with Crippen LogP contribution in [0.2, 0.25) is 20.1 Å². The van der Waals surface area contributed by atoms with Gasteiger partial charge in [-0.1, -0.05) is 65.0 Å². The number of hydrogen-bond donors (Lipinski definition) is 3. The Morgan fingerprint density at radius 2 is 1.62 bits per heavy atom. The second-order valence-electron chi connectivity index (χ2n) is 11.6. The molecule has 2 aromatic carbocycles. The molecule has 0 spiro atoms. The van der Waals surface area contributed by atoms with Gasteiger partial charge in [0.1, 0.15) is 12.1 Å². The standard InChI is InChI=1S/C32H33Cl4N5O6S/c1-2-47-32(44)27(10-18-6-8-22(9-7-18)39-31(43)29-25(35)15-37-16-26(29)36)40-30(42)28-14-23(38-21-4-3-5-21)17-41(28)48(45,46)24-12-19(33)11-20(34)13-24/h6-9,11-13,15-16,21,23,27-28,38H,2-5,10,14,17H2,1H3,(H,39,43)(H,40,42)/t23-,27+,28+/m1/s1. The minimum atomic E-state index is -4.21. The number of pyridine rings is 1. The van der Waals surface area contributed by atoms with Crippen molar-refractivity contribution >= 4 is 79.9 Å². The van der Waals surface area contributed by atoms with Gasteiger partial charge in [-0.2, -0.15) is 4.31 Å². The van der Waals surface area contributed by atoms with Crippen LogP contribution in [0.25, 0.3) is 0 Å². The molecule has 1 aliphatic carbocycles. The maximum absolute atomic E-state index is 13.9. The normalized spacial score (nSPS) is 18.9. The zero-order valence-corrected chi connectivity index (χ0v) is 29.6. The molecule has 1 saturated heterocycles. The summed E-state index contributed by atoms with van der Waals surface area (Å²) in [4.78, 5) is 43.4. The molecule has 5 rings (SSSR count). The van der Waals surface area contributed by atoms with E-state index in [2.05, 4.69) is 20.9 Å². The van der Waals surface area contributed by atoms with E-state index >= 15 is 0 Å². The summed E-state index contributed by atoms with van der Waals surface area (Å²) in [7, 11) is -4.21. The van der Waals surface area contributed by atoms with Gasteiger partial charge in [-0.25, -0.2) is 13.2 Å². The van der Waals surface area contributed by atoms with Crippen molar-refractivity contribution in [2.24, 2.45) is 0 Å². The summed E-state index contributed by atoms with van der Waals surface area (Å²) in [6.07, 6.45) is 5.89. The van der Waals surface area contributed by atoms with E-state index in [0.717, 1.165) is 23.6 Å². The Bertz CT molecular complexity index is 1750. The van der Waals surface area contributed by atoms with E-state index in [-0.39, 0.29) is 68.6 Å². The molecule has 1 aliphatic heterocycles. The van der Waals surface area contributed by atoms with Crippen molar-refractivity contribution in [1.82, 2.24) is 19.9 Å². The van der Waals surface area contributed by atoms with Crippen LogP contribution in [-0.4, -0.2) is 72.8 Å². The van der Waals surface area contributed by atoms with Crippen LogP contribution < -0.4 is 16.0 Å². The number of aromatic nitrogens is 1. The summed E-state index contributed by atoms with van der Waals surface area (Å²) in [6, 6.07) is 8.33. The highest BCUT2D eigenvalue weighted by Gasteiger charge is 2.45. The summed E-state index contributed by atoms with van der Waals surface area (Å²) in [6.45, 7) is 1.77. The quantitative estimate of drug-likeness (QED) is 0.205. The molecular weight excluding hydrogens is 724 g/mol. The molecule has 1 aromatic heterocycles. The monoisotopic (exact) mass is 755 g/mol. The first-order valence-electron chi connectivity index (χ1n) is 15.3. The van der Waals surface area contributed by atoms with E-state index in [4.69, 9.17) is 51.1 Å². The first kappa shape index (κ1) is 36.3. The number of anilines is 1. The van der Waals surface area contributed by atoms with Gasteiger partial charge in [0, 0.05) is 53.2 Å². The van der Waals surface area contributed by atoms with Crippen LogP contribution in [0.4, 0.5) is 5.69 Å². The molecule has 3 aromatic rings. The van der Waals surface area contributed by atoms with Crippen molar-refractivity contribution < 1.29 is 27.5 Å². The first-order chi connectivity index (χ1) is 22.8. The number of rotatable bonds is 12. The Morgan fingerprint density at radius 3 is 2.21 bits per heavy atom. The summed E-state index contributed by atoms with van der Waals surface area (Å²) >= 11 is 24.4. The minimum Gasteiger partial charge on any atom is -0.464 e. The van der Waals surface area contributed by atoms with Gasteiger partial charge < -0.3 is 20.7 Å². The van der Waals surface area contributed by atoms with Crippen molar-refractivity contribution in [3.8, 4) is 0 Å². The fourth-order valence-corrected chi connectivity index (χ4v) is 8.54. The molecule has 48 heavy (non-hydrogen) atoms. The maximum atomic E-state index is 13.9. The number of sulfonamides is 1. The van der Waals surface area contributed by atoms with Gasteiger partial charge in [0.25, 0.3) is 5.91 Å².